The van der Waals surface area contributed by atoms with Gasteiger partial charge < -0.3 is 19.5 Å². The topological polar surface area (TPSA) is 65.5 Å². The van der Waals surface area contributed by atoms with Crippen LogP contribution in [0.15, 0.2) is 42.7 Å². The highest BCUT2D eigenvalue weighted by molar-refractivity contribution is 5.92. The summed E-state index contributed by atoms with van der Waals surface area (Å²) in [6.45, 7) is 2.99. The molecule has 5 rings (SSSR count). The number of nitrogens with one attached hydrogen (secondary N) is 1. The molecular weight excluding hydrogens is 390 g/mol. The van der Waals surface area contributed by atoms with Gasteiger partial charge in [0.1, 0.15) is 24.0 Å². The van der Waals surface area contributed by atoms with Gasteiger partial charge in [-0.3, -0.25) is 0 Å². The maximum absolute atomic E-state index is 6.39. The van der Waals surface area contributed by atoms with Crippen molar-refractivity contribution < 1.29 is 14.2 Å². The van der Waals surface area contributed by atoms with E-state index in [4.69, 9.17) is 20.6 Å². The Morgan fingerprint density at radius 1 is 1.10 bits per heavy atom. The molecule has 158 valence electrons. The van der Waals surface area contributed by atoms with Crippen LogP contribution in [0.25, 0.3) is 10.9 Å². The molecule has 6 nitrogen and oxygen atoms in total. The van der Waals surface area contributed by atoms with Crippen molar-refractivity contribution in [3.63, 3.8) is 0 Å². The van der Waals surface area contributed by atoms with Gasteiger partial charge in [0.2, 0.25) is 0 Å². The highest BCUT2D eigenvalue weighted by Gasteiger charge is 2.23. The third kappa shape index (κ3) is 4.48. The molecule has 2 atom stereocenters. The third-order valence-corrected chi connectivity index (χ3v) is 5.82. The Hall–Kier alpha value is -3.14. The molecule has 6 heteroatoms. The number of terminal acetylenes is 1. The summed E-state index contributed by atoms with van der Waals surface area (Å²) in [6.07, 6.45) is 10.1. The molecule has 2 aromatic carbocycles. The van der Waals surface area contributed by atoms with Crippen LogP contribution in [0.1, 0.15) is 24.0 Å². The smallest absolute Gasteiger partial charge is 0.141 e. The Kier molecular flexibility index (Phi) is 5.70. The van der Waals surface area contributed by atoms with Crippen LogP contribution in [0, 0.1) is 18.3 Å². The lowest BCUT2D eigenvalue weighted by molar-refractivity contribution is 0.140. The Morgan fingerprint density at radius 3 is 2.81 bits per heavy atom. The van der Waals surface area contributed by atoms with Gasteiger partial charge in [0, 0.05) is 36.3 Å². The highest BCUT2D eigenvalue weighted by atomic mass is 16.5. The Morgan fingerprint density at radius 2 is 2.00 bits per heavy atom. The molecule has 2 aliphatic heterocycles. The summed E-state index contributed by atoms with van der Waals surface area (Å²) in [5.74, 6) is 4.78. The summed E-state index contributed by atoms with van der Waals surface area (Å²) in [4.78, 5) is 9.02. The molecule has 0 unspecified atom stereocenters. The van der Waals surface area contributed by atoms with E-state index in [9.17, 15) is 0 Å². The van der Waals surface area contributed by atoms with E-state index in [0.717, 1.165) is 78.4 Å². The number of anilines is 2. The standard InChI is InChI=1S/C25H25N3O3/c1-2-17-4-3-5-20(11-17)28-25-22-13-24(31-21-7-9-30-15-21)19(10-18-6-8-29-14-18)12-23(22)26-16-27-25/h1,3-5,11-13,16,18,21H,6-10,14-15H2,(H,26,27,28)/t18-,21+/m1/s1. The zero-order valence-electron chi connectivity index (χ0n) is 17.3. The molecule has 0 bridgehead atoms. The minimum absolute atomic E-state index is 0.0735. The Balaban J connectivity index is 1.52. The number of hydrogen-bond donors (Lipinski definition) is 1. The van der Waals surface area contributed by atoms with E-state index in [2.05, 4.69) is 33.3 Å². The lowest BCUT2D eigenvalue weighted by atomic mass is 9.97. The number of hydrogen-bond acceptors (Lipinski definition) is 6. The third-order valence-electron chi connectivity index (χ3n) is 5.82. The van der Waals surface area contributed by atoms with Gasteiger partial charge >= 0.3 is 0 Å². The van der Waals surface area contributed by atoms with Crippen LogP contribution in [-0.2, 0) is 15.9 Å². The van der Waals surface area contributed by atoms with E-state index in [1.807, 2.05) is 24.3 Å². The molecule has 1 aromatic heterocycles. The number of ether oxygens (including phenoxy) is 3. The average molecular weight is 415 g/mol. The van der Waals surface area contributed by atoms with Crippen molar-refractivity contribution in [3.8, 4) is 18.1 Å². The summed E-state index contributed by atoms with van der Waals surface area (Å²) < 4.78 is 17.5. The van der Waals surface area contributed by atoms with Crippen molar-refractivity contribution in [2.45, 2.75) is 25.4 Å². The van der Waals surface area contributed by atoms with Gasteiger partial charge in [-0.25, -0.2) is 9.97 Å². The number of aromatic nitrogens is 2. The molecule has 3 heterocycles. The molecule has 0 aliphatic carbocycles. The number of rotatable bonds is 6. The van der Waals surface area contributed by atoms with E-state index < -0.39 is 0 Å². The summed E-state index contributed by atoms with van der Waals surface area (Å²) in [7, 11) is 0. The normalized spacial score (nSPS) is 20.6. The average Bonchev–Trinajstić information content (AvgIpc) is 3.49. The Bertz CT molecular complexity index is 1110. The minimum Gasteiger partial charge on any atom is -0.488 e. The molecule has 2 saturated heterocycles. The van der Waals surface area contributed by atoms with Gasteiger partial charge in [-0.1, -0.05) is 12.0 Å². The second-order valence-corrected chi connectivity index (χ2v) is 8.09. The maximum Gasteiger partial charge on any atom is 0.141 e. The SMILES string of the molecule is C#Cc1cccc(Nc2ncnc3cc(C[C@H]4CCOC4)c(O[C@H]4CCOC4)cc23)c1. The first-order valence-electron chi connectivity index (χ1n) is 10.7. The molecular formula is C25H25N3O3. The first-order chi connectivity index (χ1) is 15.3. The number of nitrogens with zero attached hydrogens (tertiary/aromatic N) is 2. The molecule has 0 spiro atoms. The first-order valence-corrected chi connectivity index (χ1v) is 10.7. The zero-order chi connectivity index (χ0) is 21.0. The summed E-state index contributed by atoms with van der Waals surface area (Å²) in [5, 5.41) is 4.30. The van der Waals surface area contributed by atoms with Crippen molar-refractivity contribution >= 4 is 22.4 Å². The molecule has 0 amide bonds. The summed E-state index contributed by atoms with van der Waals surface area (Å²) in [5.41, 5.74) is 3.74. The fraction of sp³-hybridized carbons (Fsp3) is 0.360. The van der Waals surface area contributed by atoms with Gasteiger partial charge in [-0.2, -0.15) is 0 Å². The molecule has 2 fully saturated rings. The van der Waals surface area contributed by atoms with E-state index >= 15 is 0 Å². The van der Waals surface area contributed by atoms with Crippen molar-refractivity contribution in [3.05, 3.63) is 53.9 Å². The summed E-state index contributed by atoms with van der Waals surface area (Å²) in [6, 6.07) is 11.9. The maximum atomic E-state index is 6.39. The van der Waals surface area contributed by atoms with E-state index in [-0.39, 0.29) is 6.10 Å². The summed E-state index contributed by atoms with van der Waals surface area (Å²) >= 11 is 0. The second kappa shape index (κ2) is 8.93. The molecule has 31 heavy (non-hydrogen) atoms. The van der Waals surface area contributed by atoms with E-state index in [1.54, 1.807) is 6.33 Å². The lowest BCUT2D eigenvalue weighted by Gasteiger charge is -2.19. The Labute approximate surface area is 182 Å². The fourth-order valence-corrected chi connectivity index (χ4v) is 4.16. The quantitative estimate of drug-likeness (QED) is 0.612. The van der Waals surface area contributed by atoms with Gasteiger partial charge in [0.25, 0.3) is 0 Å². The zero-order valence-corrected chi connectivity index (χ0v) is 17.3. The van der Waals surface area contributed by atoms with Gasteiger partial charge in [0.15, 0.2) is 0 Å². The van der Waals surface area contributed by atoms with Crippen LogP contribution in [0.3, 0.4) is 0 Å². The van der Waals surface area contributed by atoms with Gasteiger partial charge in [-0.05, 0) is 54.7 Å². The van der Waals surface area contributed by atoms with Crippen LogP contribution in [-0.4, -0.2) is 42.5 Å². The molecule has 0 radical (unpaired) electrons. The van der Waals surface area contributed by atoms with Crippen molar-refractivity contribution in [1.82, 2.24) is 9.97 Å². The van der Waals surface area contributed by atoms with Crippen LogP contribution < -0.4 is 10.1 Å². The molecule has 2 aliphatic rings. The second-order valence-electron chi connectivity index (χ2n) is 8.09. The largest absolute Gasteiger partial charge is 0.488 e. The molecule has 3 aromatic rings. The van der Waals surface area contributed by atoms with Crippen molar-refractivity contribution in [2.24, 2.45) is 5.92 Å². The van der Waals surface area contributed by atoms with Gasteiger partial charge in [0.05, 0.1) is 18.7 Å². The van der Waals surface area contributed by atoms with E-state index in [0.29, 0.717) is 12.5 Å². The molecule has 1 N–H and O–H groups in total. The van der Waals surface area contributed by atoms with Crippen molar-refractivity contribution in [1.29, 1.82) is 0 Å². The first kappa shape index (κ1) is 19.8. The monoisotopic (exact) mass is 415 g/mol. The minimum atomic E-state index is 0.0735. The van der Waals surface area contributed by atoms with Crippen LogP contribution in [0.5, 0.6) is 5.75 Å². The number of fused-ring (bicyclic) bond motifs is 1. The molecule has 0 saturated carbocycles. The predicted octanol–water partition coefficient (Wildman–Crippen LogP) is 4.10. The van der Waals surface area contributed by atoms with Crippen LogP contribution >= 0.6 is 0 Å². The van der Waals surface area contributed by atoms with Crippen molar-refractivity contribution in [2.75, 3.05) is 31.7 Å². The predicted molar refractivity (Wildman–Crippen MR) is 120 cm³/mol. The lowest BCUT2D eigenvalue weighted by Crippen LogP contribution is -2.17. The van der Waals surface area contributed by atoms with Crippen LogP contribution in [0.2, 0.25) is 0 Å². The van der Waals surface area contributed by atoms with Gasteiger partial charge in [-0.15, -0.1) is 6.42 Å². The fourth-order valence-electron chi connectivity index (χ4n) is 4.16. The highest BCUT2D eigenvalue weighted by Crippen LogP contribution is 2.34. The van der Waals surface area contributed by atoms with Crippen LogP contribution in [0.4, 0.5) is 11.5 Å². The number of benzene rings is 2. The van der Waals surface area contributed by atoms with E-state index in [1.165, 1.54) is 0 Å².